The van der Waals surface area contributed by atoms with Gasteiger partial charge < -0.3 is 9.73 Å². The minimum atomic E-state index is -3.58. The van der Waals surface area contributed by atoms with Crippen molar-refractivity contribution >= 4 is 10.0 Å². The Hall–Kier alpha value is -1.29. The maximum atomic E-state index is 11.8. The van der Waals surface area contributed by atoms with E-state index in [0.29, 0.717) is 18.3 Å². The molecule has 1 fully saturated rings. The molecule has 1 aromatic rings. The molecule has 5 nitrogen and oxygen atoms in total. The van der Waals surface area contributed by atoms with Crippen LogP contribution in [0.15, 0.2) is 21.6 Å². The summed E-state index contributed by atoms with van der Waals surface area (Å²) in [5, 5.41) is 3.20. The van der Waals surface area contributed by atoms with E-state index in [1.807, 2.05) is 0 Å². The van der Waals surface area contributed by atoms with Gasteiger partial charge in [0.25, 0.3) is 10.0 Å². The van der Waals surface area contributed by atoms with Crippen LogP contribution in [0.1, 0.15) is 25.5 Å². The summed E-state index contributed by atoms with van der Waals surface area (Å²) in [5.74, 6) is 5.88. The molecule has 1 saturated carbocycles. The first-order valence-electron chi connectivity index (χ1n) is 5.83. The van der Waals surface area contributed by atoms with Gasteiger partial charge in [-0.1, -0.05) is 5.92 Å². The van der Waals surface area contributed by atoms with Crippen molar-refractivity contribution < 1.29 is 12.8 Å². The minimum Gasteiger partial charge on any atom is -0.447 e. The summed E-state index contributed by atoms with van der Waals surface area (Å²) in [4.78, 5) is 0. The minimum absolute atomic E-state index is 0.0620. The number of nitrogens with one attached hydrogen (secondary N) is 2. The highest BCUT2D eigenvalue weighted by molar-refractivity contribution is 7.89. The molecule has 1 aromatic heterocycles. The standard InChI is InChI=1S/C12H16N2O3S/c1-2-3-8-14-18(15,16)12-7-6-11(17-12)9-13-10-4-5-10/h6-7,10,13-14H,4-5,8-9H2,1H3. The van der Waals surface area contributed by atoms with Crippen molar-refractivity contribution in [2.24, 2.45) is 0 Å². The van der Waals surface area contributed by atoms with Crippen LogP contribution in [-0.2, 0) is 16.6 Å². The van der Waals surface area contributed by atoms with Crippen molar-refractivity contribution in [3.05, 3.63) is 17.9 Å². The maximum Gasteiger partial charge on any atom is 0.274 e. The average molecular weight is 268 g/mol. The second kappa shape index (κ2) is 5.57. The lowest BCUT2D eigenvalue weighted by molar-refractivity contribution is 0.400. The summed E-state index contributed by atoms with van der Waals surface area (Å²) in [7, 11) is -3.58. The van der Waals surface area contributed by atoms with Gasteiger partial charge in [0, 0.05) is 6.04 Å². The van der Waals surface area contributed by atoms with Crippen LogP contribution in [-0.4, -0.2) is 21.0 Å². The SMILES string of the molecule is CC#CCNS(=O)(=O)c1ccc(CNC2CC2)o1. The van der Waals surface area contributed by atoms with E-state index in [0.717, 1.165) is 0 Å². The zero-order chi connectivity index (χ0) is 13.0. The number of furan rings is 1. The van der Waals surface area contributed by atoms with Crippen molar-refractivity contribution in [3.8, 4) is 11.8 Å². The lowest BCUT2D eigenvalue weighted by Crippen LogP contribution is -2.23. The van der Waals surface area contributed by atoms with Gasteiger partial charge in [-0.2, -0.15) is 4.72 Å². The van der Waals surface area contributed by atoms with Crippen LogP contribution < -0.4 is 10.0 Å². The lowest BCUT2D eigenvalue weighted by Gasteiger charge is -2.00. The molecule has 98 valence electrons. The van der Waals surface area contributed by atoms with E-state index in [4.69, 9.17) is 4.42 Å². The van der Waals surface area contributed by atoms with E-state index in [1.165, 1.54) is 18.9 Å². The van der Waals surface area contributed by atoms with Gasteiger partial charge in [0.2, 0.25) is 5.09 Å². The van der Waals surface area contributed by atoms with Gasteiger partial charge in [-0.05, 0) is 31.9 Å². The smallest absolute Gasteiger partial charge is 0.274 e. The van der Waals surface area contributed by atoms with Gasteiger partial charge in [0.15, 0.2) is 0 Å². The second-order valence-electron chi connectivity index (χ2n) is 4.13. The number of hydrogen-bond donors (Lipinski definition) is 2. The molecule has 0 bridgehead atoms. The molecule has 0 radical (unpaired) electrons. The third-order valence-electron chi connectivity index (χ3n) is 2.57. The highest BCUT2D eigenvalue weighted by atomic mass is 32.2. The Morgan fingerprint density at radius 2 is 2.22 bits per heavy atom. The molecule has 1 heterocycles. The van der Waals surface area contributed by atoms with E-state index in [-0.39, 0.29) is 11.6 Å². The number of hydrogen-bond acceptors (Lipinski definition) is 4. The van der Waals surface area contributed by atoms with E-state index in [9.17, 15) is 8.42 Å². The predicted molar refractivity (Wildman–Crippen MR) is 67.2 cm³/mol. The molecule has 2 N–H and O–H groups in total. The highest BCUT2D eigenvalue weighted by Crippen LogP contribution is 2.20. The maximum absolute atomic E-state index is 11.8. The Kier molecular flexibility index (Phi) is 4.07. The van der Waals surface area contributed by atoms with E-state index in [2.05, 4.69) is 21.9 Å². The van der Waals surface area contributed by atoms with Crippen LogP contribution in [0.5, 0.6) is 0 Å². The molecule has 0 amide bonds. The molecule has 0 atom stereocenters. The van der Waals surface area contributed by atoms with E-state index < -0.39 is 10.0 Å². The molecule has 1 aliphatic rings. The molecule has 2 rings (SSSR count). The quantitative estimate of drug-likeness (QED) is 0.750. The van der Waals surface area contributed by atoms with Gasteiger partial charge in [0.1, 0.15) is 5.76 Å². The van der Waals surface area contributed by atoms with Crippen molar-refractivity contribution in [2.45, 2.75) is 37.4 Å². The zero-order valence-electron chi connectivity index (χ0n) is 10.2. The molecule has 0 unspecified atom stereocenters. The summed E-state index contributed by atoms with van der Waals surface area (Å²) in [6, 6.07) is 3.70. The molecular weight excluding hydrogens is 252 g/mol. The third kappa shape index (κ3) is 3.60. The topological polar surface area (TPSA) is 71.3 Å². The molecule has 0 spiro atoms. The summed E-state index contributed by atoms with van der Waals surface area (Å²) >= 11 is 0. The molecule has 0 aliphatic heterocycles. The fourth-order valence-electron chi connectivity index (χ4n) is 1.42. The predicted octanol–water partition coefficient (Wildman–Crippen LogP) is 0.833. The van der Waals surface area contributed by atoms with Crippen molar-refractivity contribution in [3.63, 3.8) is 0 Å². The summed E-state index contributed by atoms with van der Waals surface area (Å²) < 4.78 is 31.2. The second-order valence-corrected chi connectivity index (χ2v) is 5.83. The van der Waals surface area contributed by atoms with Gasteiger partial charge in [-0.25, -0.2) is 8.42 Å². The van der Waals surface area contributed by atoms with E-state index >= 15 is 0 Å². The van der Waals surface area contributed by atoms with Crippen LogP contribution in [0.4, 0.5) is 0 Å². The van der Waals surface area contributed by atoms with Gasteiger partial charge in [-0.3, -0.25) is 0 Å². The molecule has 18 heavy (non-hydrogen) atoms. The van der Waals surface area contributed by atoms with Crippen molar-refractivity contribution in [1.82, 2.24) is 10.0 Å². The molecule has 6 heteroatoms. The fourth-order valence-corrected chi connectivity index (χ4v) is 2.29. The van der Waals surface area contributed by atoms with Crippen molar-refractivity contribution in [2.75, 3.05) is 6.54 Å². The number of sulfonamides is 1. The lowest BCUT2D eigenvalue weighted by atomic mass is 10.4. The zero-order valence-corrected chi connectivity index (χ0v) is 11.0. The molecule has 0 aromatic carbocycles. The van der Waals surface area contributed by atoms with Crippen LogP contribution in [0.25, 0.3) is 0 Å². The Bertz CT molecular complexity index is 562. The third-order valence-corrected chi connectivity index (χ3v) is 3.85. The molecule has 0 saturated heterocycles. The van der Waals surface area contributed by atoms with Gasteiger partial charge in [-0.15, -0.1) is 5.92 Å². The highest BCUT2D eigenvalue weighted by Gasteiger charge is 2.22. The van der Waals surface area contributed by atoms with Crippen LogP contribution >= 0.6 is 0 Å². The summed E-state index contributed by atoms with van der Waals surface area (Å²) in [5.41, 5.74) is 0. The van der Waals surface area contributed by atoms with Crippen LogP contribution in [0.2, 0.25) is 0 Å². The van der Waals surface area contributed by atoms with Gasteiger partial charge in [0.05, 0.1) is 13.1 Å². The van der Waals surface area contributed by atoms with Crippen molar-refractivity contribution in [1.29, 1.82) is 0 Å². The number of rotatable bonds is 6. The first-order chi connectivity index (χ1) is 8.62. The van der Waals surface area contributed by atoms with Crippen LogP contribution in [0, 0.1) is 11.8 Å². The molecule has 1 aliphatic carbocycles. The average Bonchev–Trinajstić information content (AvgIpc) is 3.03. The Morgan fingerprint density at radius 3 is 2.89 bits per heavy atom. The molecular formula is C12H16N2O3S. The Morgan fingerprint density at radius 1 is 1.44 bits per heavy atom. The summed E-state index contributed by atoms with van der Waals surface area (Å²) in [6.45, 7) is 2.31. The summed E-state index contributed by atoms with van der Waals surface area (Å²) in [6.07, 6.45) is 2.37. The fraction of sp³-hybridized carbons (Fsp3) is 0.500. The largest absolute Gasteiger partial charge is 0.447 e. The van der Waals surface area contributed by atoms with Gasteiger partial charge >= 0.3 is 0 Å². The monoisotopic (exact) mass is 268 g/mol. The normalized spacial score (nSPS) is 15.2. The Labute approximate surface area is 107 Å². The van der Waals surface area contributed by atoms with E-state index in [1.54, 1.807) is 13.0 Å². The first-order valence-corrected chi connectivity index (χ1v) is 7.31. The Balaban J connectivity index is 1.95. The first kappa shape index (κ1) is 13.1. The van der Waals surface area contributed by atoms with Crippen LogP contribution in [0.3, 0.4) is 0 Å².